The van der Waals surface area contributed by atoms with E-state index in [2.05, 4.69) is 5.32 Å². The largest absolute Gasteiger partial charge is 0.497 e. The summed E-state index contributed by atoms with van der Waals surface area (Å²) >= 11 is 0. The van der Waals surface area contributed by atoms with E-state index >= 15 is 0 Å². The van der Waals surface area contributed by atoms with Crippen molar-refractivity contribution >= 4 is 16.1 Å². The van der Waals surface area contributed by atoms with Crippen molar-refractivity contribution in [1.29, 1.82) is 0 Å². The molecular weight excluding hydrogens is 390 g/mol. The molecule has 1 aliphatic heterocycles. The molecule has 0 saturated carbocycles. The molecule has 1 heterocycles. The van der Waals surface area contributed by atoms with E-state index in [9.17, 15) is 13.2 Å². The predicted octanol–water partition coefficient (Wildman–Crippen LogP) is 2.07. The maximum absolute atomic E-state index is 12.9. The van der Waals surface area contributed by atoms with Gasteiger partial charge >= 0.3 is 0 Å². The lowest BCUT2D eigenvalue weighted by molar-refractivity contribution is -0.121. The zero-order valence-electron chi connectivity index (χ0n) is 16.8. The average molecular weight is 418 g/mol. The number of rotatable bonds is 7. The van der Waals surface area contributed by atoms with Gasteiger partial charge in [0.15, 0.2) is 0 Å². The quantitative estimate of drug-likeness (QED) is 0.748. The van der Waals surface area contributed by atoms with Crippen LogP contribution in [0, 0.1) is 6.92 Å². The Morgan fingerprint density at radius 1 is 1.00 bits per heavy atom. The zero-order chi connectivity index (χ0) is 20.9. The van der Waals surface area contributed by atoms with E-state index in [1.807, 2.05) is 55.5 Å². The van der Waals surface area contributed by atoms with Gasteiger partial charge in [-0.15, -0.1) is 0 Å². The first-order valence-electron chi connectivity index (χ1n) is 9.59. The molecule has 0 aliphatic carbocycles. The lowest BCUT2D eigenvalue weighted by Gasteiger charge is -2.34. The van der Waals surface area contributed by atoms with Crippen LogP contribution in [0.4, 0.5) is 0 Å². The minimum absolute atomic E-state index is 0.173. The molecule has 0 bridgehead atoms. The molecule has 1 N–H and O–H groups in total. The number of nitrogens with one attached hydrogen (secondary N) is 1. The highest BCUT2D eigenvalue weighted by Crippen LogP contribution is 2.20. The molecule has 29 heavy (non-hydrogen) atoms. The predicted molar refractivity (Wildman–Crippen MR) is 112 cm³/mol. The Bertz CT molecular complexity index is 927. The normalized spacial score (nSPS) is 17.0. The second-order valence-corrected chi connectivity index (χ2v) is 9.07. The lowest BCUT2D eigenvalue weighted by atomic mass is 10.1. The lowest BCUT2D eigenvalue weighted by Crippen LogP contribution is -2.52. The Labute approximate surface area is 172 Å². The third-order valence-electron chi connectivity index (χ3n) is 4.92. The van der Waals surface area contributed by atoms with Gasteiger partial charge < -0.3 is 10.1 Å². The van der Waals surface area contributed by atoms with Crippen LogP contribution in [-0.4, -0.2) is 49.7 Å². The van der Waals surface area contributed by atoms with Crippen LogP contribution in [0.5, 0.6) is 5.75 Å². The molecule has 8 heteroatoms. The van der Waals surface area contributed by atoms with Crippen LogP contribution in [-0.2, 0) is 28.1 Å². The Morgan fingerprint density at radius 2 is 1.62 bits per heavy atom. The van der Waals surface area contributed by atoms with Crippen molar-refractivity contribution in [3.8, 4) is 5.75 Å². The van der Waals surface area contributed by atoms with Gasteiger partial charge in [-0.1, -0.05) is 42.0 Å². The smallest absolute Gasteiger partial charge is 0.282 e. The highest BCUT2D eigenvalue weighted by atomic mass is 32.2. The van der Waals surface area contributed by atoms with Crippen molar-refractivity contribution in [2.75, 3.05) is 26.7 Å². The van der Waals surface area contributed by atoms with Crippen LogP contribution >= 0.6 is 0 Å². The first-order chi connectivity index (χ1) is 13.9. The van der Waals surface area contributed by atoms with Crippen LogP contribution in [0.3, 0.4) is 0 Å². The number of ether oxygens (including phenoxy) is 1. The van der Waals surface area contributed by atoms with Gasteiger partial charge in [0.2, 0.25) is 5.91 Å². The molecule has 1 fully saturated rings. The van der Waals surface area contributed by atoms with E-state index in [0.717, 1.165) is 22.4 Å². The molecule has 156 valence electrons. The summed E-state index contributed by atoms with van der Waals surface area (Å²) in [6.07, 6.45) is 0.681. The summed E-state index contributed by atoms with van der Waals surface area (Å²) in [6, 6.07) is 15.2. The molecule has 0 unspecified atom stereocenters. The molecular formula is C21H27N3O4S. The Kier molecular flexibility index (Phi) is 6.89. The third-order valence-corrected chi connectivity index (χ3v) is 6.84. The van der Waals surface area contributed by atoms with E-state index in [4.69, 9.17) is 4.74 Å². The van der Waals surface area contributed by atoms with Gasteiger partial charge in [-0.25, -0.2) is 0 Å². The summed E-state index contributed by atoms with van der Waals surface area (Å²) in [4.78, 5) is 12.3. The van der Waals surface area contributed by atoms with Crippen LogP contribution in [0.15, 0.2) is 48.5 Å². The number of benzene rings is 2. The number of aryl methyl sites for hydroxylation is 1. The minimum atomic E-state index is -3.69. The number of methoxy groups -OCH3 is 1. The molecule has 1 aliphatic rings. The Hall–Kier alpha value is -2.42. The summed E-state index contributed by atoms with van der Waals surface area (Å²) < 4.78 is 33.7. The van der Waals surface area contributed by atoms with Gasteiger partial charge in [0.25, 0.3) is 10.2 Å². The van der Waals surface area contributed by atoms with Crippen molar-refractivity contribution < 1.29 is 17.9 Å². The molecule has 2 aromatic carbocycles. The summed E-state index contributed by atoms with van der Waals surface area (Å²) in [5, 5.41) is 2.80. The van der Waals surface area contributed by atoms with Gasteiger partial charge in [0.1, 0.15) is 5.75 Å². The number of nitrogens with zero attached hydrogens (tertiary/aromatic N) is 2. The van der Waals surface area contributed by atoms with Crippen LogP contribution in [0.25, 0.3) is 0 Å². The zero-order valence-corrected chi connectivity index (χ0v) is 17.6. The van der Waals surface area contributed by atoms with Gasteiger partial charge in [-0.2, -0.15) is 17.0 Å². The van der Waals surface area contributed by atoms with Gasteiger partial charge in [0.05, 0.1) is 13.7 Å². The second-order valence-electron chi connectivity index (χ2n) is 7.14. The van der Waals surface area contributed by atoms with Crippen molar-refractivity contribution in [3.05, 3.63) is 65.2 Å². The number of hydrogen-bond acceptors (Lipinski definition) is 4. The monoisotopic (exact) mass is 417 g/mol. The van der Waals surface area contributed by atoms with E-state index in [1.165, 1.54) is 8.61 Å². The molecule has 0 radical (unpaired) electrons. The number of carbonyl (C=O) groups excluding carboxylic acids is 1. The molecule has 0 spiro atoms. The highest BCUT2D eigenvalue weighted by Gasteiger charge is 2.34. The first kappa shape index (κ1) is 21.3. The van der Waals surface area contributed by atoms with Gasteiger partial charge in [-0.3, -0.25) is 4.79 Å². The van der Waals surface area contributed by atoms with Crippen molar-refractivity contribution in [2.24, 2.45) is 0 Å². The summed E-state index contributed by atoms with van der Waals surface area (Å²) in [5.41, 5.74) is 3.00. The first-order valence-corrected chi connectivity index (χ1v) is 11.0. The summed E-state index contributed by atoms with van der Waals surface area (Å²) in [6.45, 7) is 3.26. The van der Waals surface area contributed by atoms with Crippen LogP contribution in [0.1, 0.15) is 23.1 Å². The molecule has 3 rings (SSSR count). The molecule has 0 atom stereocenters. The fourth-order valence-electron chi connectivity index (χ4n) is 3.20. The Morgan fingerprint density at radius 3 is 2.28 bits per heavy atom. The van der Waals surface area contributed by atoms with E-state index in [0.29, 0.717) is 26.1 Å². The summed E-state index contributed by atoms with van der Waals surface area (Å²) in [5.74, 6) is 0.419. The molecule has 1 amide bonds. The third kappa shape index (κ3) is 5.56. The number of hydrogen-bond donors (Lipinski definition) is 1. The molecule has 7 nitrogen and oxygen atoms in total. The van der Waals surface area contributed by atoms with E-state index in [-0.39, 0.29) is 19.0 Å². The van der Waals surface area contributed by atoms with Crippen molar-refractivity contribution in [3.63, 3.8) is 0 Å². The van der Waals surface area contributed by atoms with Crippen molar-refractivity contribution in [1.82, 2.24) is 13.9 Å². The van der Waals surface area contributed by atoms with Gasteiger partial charge in [0, 0.05) is 26.2 Å². The van der Waals surface area contributed by atoms with Gasteiger partial charge in [-0.05, 0) is 36.6 Å². The van der Waals surface area contributed by atoms with Crippen LogP contribution in [0.2, 0.25) is 0 Å². The topological polar surface area (TPSA) is 79.0 Å². The molecule has 2 aromatic rings. The standard InChI is InChI=1S/C21H27N3O4S/c1-17-4-6-18(7-5-17)14-22-21(25)16-24-13-3-12-23(29(24,26)27)15-19-8-10-20(28-2)11-9-19/h4-11H,3,12-16H2,1-2H3,(H,22,25). The van der Waals surface area contributed by atoms with Crippen molar-refractivity contribution in [2.45, 2.75) is 26.4 Å². The Balaban J connectivity index is 1.58. The second kappa shape index (κ2) is 9.39. The maximum Gasteiger partial charge on any atom is 0.282 e. The minimum Gasteiger partial charge on any atom is -0.497 e. The molecule has 0 aromatic heterocycles. The fourth-order valence-corrected chi connectivity index (χ4v) is 4.83. The fraction of sp³-hybridized carbons (Fsp3) is 0.381. The number of amides is 1. The number of carbonyl (C=O) groups is 1. The molecule has 1 saturated heterocycles. The SMILES string of the molecule is COc1ccc(CN2CCCN(CC(=O)NCc3ccc(C)cc3)S2(=O)=O)cc1. The van der Waals surface area contributed by atoms with E-state index < -0.39 is 10.2 Å². The van der Waals surface area contributed by atoms with Crippen LogP contribution < -0.4 is 10.1 Å². The maximum atomic E-state index is 12.9. The highest BCUT2D eigenvalue weighted by molar-refractivity contribution is 7.86. The average Bonchev–Trinajstić information content (AvgIpc) is 2.71. The summed E-state index contributed by atoms with van der Waals surface area (Å²) in [7, 11) is -2.10. The van der Waals surface area contributed by atoms with E-state index in [1.54, 1.807) is 7.11 Å².